The summed E-state index contributed by atoms with van der Waals surface area (Å²) in [7, 11) is 0. The van der Waals surface area contributed by atoms with Crippen LogP contribution < -0.4 is 10.6 Å². The molecule has 1 unspecified atom stereocenters. The standard InChI is InChI=1S/C28H32N2O5/c1-3-27(2,25(32)33)16-29-24(31)28-13-17(28)12-18(14-28)30-26(34)35-15-23-21-10-6-4-8-19(21)20-9-5-7-11-22(20)23/h4-11,17-18,23H,3,12-16H2,1-2H3,(H,29,31)(H,30,34)(H,32,33)/t17-,18+,27?,28+/m1/s1. The molecular weight excluding hydrogens is 444 g/mol. The minimum absolute atomic E-state index is 0.00404. The lowest BCUT2D eigenvalue weighted by Gasteiger charge is -2.25. The number of fused-ring (bicyclic) bond motifs is 4. The van der Waals surface area contributed by atoms with Crippen molar-refractivity contribution in [3.63, 3.8) is 0 Å². The molecule has 2 aromatic rings. The molecule has 2 aromatic carbocycles. The first-order valence-corrected chi connectivity index (χ1v) is 12.4. The fourth-order valence-corrected chi connectivity index (χ4v) is 5.90. The van der Waals surface area contributed by atoms with Crippen LogP contribution in [0.4, 0.5) is 4.79 Å². The van der Waals surface area contributed by atoms with E-state index in [0.29, 0.717) is 12.8 Å². The van der Waals surface area contributed by atoms with Crippen LogP contribution in [0.2, 0.25) is 0 Å². The van der Waals surface area contributed by atoms with Crippen LogP contribution in [-0.2, 0) is 14.3 Å². The van der Waals surface area contributed by atoms with Crippen molar-refractivity contribution in [2.24, 2.45) is 16.7 Å². The Bertz CT molecular complexity index is 1130. The highest BCUT2D eigenvalue weighted by Crippen LogP contribution is 2.63. The number of aliphatic carboxylic acids is 1. The predicted octanol–water partition coefficient (Wildman–Crippen LogP) is 4.31. The number of amides is 2. The molecule has 2 amide bonds. The van der Waals surface area contributed by atoms with E-state index in [1.54, 1.807) is 6.92 Å². The third-order valence-electron chi connectivity index (χ3n) is 8.47. The molecule has 0 aromatic heterocycles. The maximum absolute atomic E-state index is 12.9. The van der Waals surface area contributed by atoms with Gasteiger partial charge in [-0.25, -0.2) is 4.79 Å². The number of hydrogen-bond acceptors (Lipinski definition) is 4. The van der Waals surface area contributed by atoms with E-state index in [2.05, 4.69) is 34.9 Å². The summed E-state index contributed by atoms with van der Waals surface area (Å²) in [6, 6.07) is 16.3. The normalized spacial score (nSPS) is 25.5. The zero-order valence-electron chi connectivity index (χ0n) is 20.2. The van der Waals surface area contributed by atoms with E-state index in [1.807, 2.05) is 31.2 Å². The third-order valence-corrected chi connectivity index (χ3v) is 8.47. The molecule has 3 aliphatic rings. The van der Waals surface area contributed by atoms with Crippen LogP contribution in [0.3, 0.4) is 0 Å². The van der Waals surface area contributed by atoms with Crippen LogP contribution in [0.5, 0.6) is 0 Å². The van der Waals surface area contributed by atoms with E-state index < -0.39 is 22.9 Å². The average Bonchev–Trinajstić information content (AvgIpc) is 3.28. The molecule has 0 saturated heterocycles. The minimum atomic E-state index is -0.978. The van der Waals surface area contributed by atoms with E-state index in [-0.39, 0.29) is 36.9 Å². The molecule has 7 heteroatoms. The van der Waals surface area contributed by atoms with Gasteiger partial charge in [-0.3, -0.25) is 9.59 Å². The van der Waals surface area contributed by atoms with Crippen molar-refractivity contribution in [3.05, 3.63) is 59.7 Å². The van der Waals surface area contributed by atoms with E-state index >= 15 is 0 Å². The molecule has 184 valence electrons. The number of hydrogen-bond donors (Lipinski definition) is 3. The molecule has 2 saturated carbocycles. The molecule has 0 bridgehead atoms. The van der Waals surface area contributed by atoms with Crippen LogP contribution in [0.1, 0.15) is 56.6 Å². The van der Waals surface area contributed by atoms with E-state index in [0.717, 1.165) is 12.8 Å². The highest BCUT2D eigenvalue weighted by molar-refractivity contribution is 5.87. The lowest BCUT2D eigenvalue weighted by molar-refractivity contribution is -0.148. The lowest BCUT2D eigenvalue weighted by Crippen LogP contribution is -2.44. The Kier molecular flexibility index (Phi) is 5.82. The van der Waals surface area contributed by atoms with Crippen molar-refractivity contribution in [2.75, 3.05) is 13.2 Å². The van der Waals surface area contributed by atoms with Gasteiger partial charge < -0.3 is 20.5 Å². The molecule has 2 fully saturated rings. The van der Waals surface area contributed by atoms with E-state index in [9.17, 15) is 19.5 Å². The molecule has 4 atom stereocenters. The van der Waals surface area contributed by atoms with Gasteiger partial charge in [0.05, 0.1) is 10.8 Å². The molecule has 3 aliphatic carbocycles. The topological polar surface area (TPSA) is 105 Å². The highest BCUT2D eigenvalue weighted by atomic mass is 16.5. The Morgan fingerprint density at radius 1 is 1.06 bits per heavy atom. The summed E-state index contributed by atoms with van der Waals surface area (Å²) in [5.41, 5.74) is 3.23. The Morgan fingerprint density at radius 3 is 2.29 bits per heavy atom. The summed E-state index contributed by atoms with van der Waals surface area (Å²) >= 11 is 0. The van der Waals surface area contributed by atoms with Gasteiger partial charge in [0.15, 0.2) is 0 Å². The molecule has 0 aliphatic heterocycles. The number of carboxylic acids is 1. The van der Waals surface area contributed by atoms with Crippen LogP contribution in [0.25, 0.3) is 11.1 Å². The van der Waals surface area contributed by atoms with Crippen LogP contribution >= 0.6 is 0 Å². The van der Waals surface area contributed by atoms with Gasteiger partial charge in [0, 0.05) is 18.5 Å². The first-order valence-electron chi connectivity index (χ1n) is 12.4. The summed E-state index contributed by atoms with van der Waals surface area (Å²) in [5, 5.41) is 15.3. The van der Waals surface area contributed by atoms with E-state index in [4.69, 9.17) is 4.74 Å². The number of alkyl carbamates (subject to hydrolysis) is 1. The molecule has 0 heterocycles. The van der Waals surface area contributed by atoms with Gasteiger partial charge >= 0.3 is 12.1 Å². The molecule has 0 spiro atoms. The second-order valence-electron chi connectivity index (χ2n) is 10.6. The highest BCUT2D eigenvalue weighted by Gasteiger charge is 2.65. The summed E-state index contributed by atoms with van der Waals surface area (Å²) in [5.74, 6) is -0.782. The largest absolute Gasteiger partial charge is 0.481 e. The Labute approximate surface area is 205 Å². The van der Waals surface area contributed by atoms with Gasteiger partial charge in [-0.05, 0) is 60.8 Å². The van der Waals surface area contributed by atoms with Crippen LogP contribution in [-0.4, -0.2) is 42.3 Å². The molecular formula is C28H32N2O5. The lowest BCUT2D eigenvalue weighted by atomic mass is 9.87. The molecule has 5 rings (SSSR count). The first-order chi connectivity index (χ1) is 16.8. The number of nitrogens with one attached hydrogen (secondary N) is 2. The molecule has 35 heavy (non-hydrogen) atoms. The number of rotatable bonds is 8. The van der Waals surface area contributed by atoms with Gasteiger partial charge in [0.2, 0.25) is 5.91 Å². The second-order valence-corrected chi connectivity index (χ2v) is 10.6. The minimum Gasteiger partial charge on any atom is -0.481 e. The molecule has 7 nitrogen and oxygen atoms in total. The van der Waals surface area contributed by atoms with Gasteiger partial charge in [-0.1, -0.05) is 55.5 Å². The van der Waals surface area contributed by atoms with Gasteiger partial charge in [0.25, 0.3) is 0 Å². The number of ether oxygens (including phenoxy) is 1. The first kappa shape index (κ1) is 23.4. The number of carboxylic acid groups (broad SMARTS) is 1. The van der Waals surface area contributed by atoms with Gasteiger partial charge in [-0.2, -0.15) is 0 Å². The molecule has 0 radical (unpaired) electrons. The van der Waals surface area contributed by atoms with Crippen molar-refractivity contribution >= 4 is 18.0 Å². The Balaban J connectivity index is 1.15. The Hall–Kier alpha value is -3.35. The SMILES string of the molecule is CCC(C)(CNC(=O)[C@@]12C[C@@H](NC(=O)OCC3c4ccccc4-c4ccccc43)C[C@@H]1C2)C(=O)O. The predicted molar refractivity (Wildman–Crippen MR) is 131 cm³/mol. The number of benzene rings is 2. The van der Waals surface area contributed by atoms with Crippen molar-refractivity contribution in [1.29, 1.82) is 0 Å². The number of carbonyl (C=O) groups excluding carboxylic acids is 2. The molecule has 3 N–H and O–H groups in total. The summed E-state index contributed by atoms with van der Waals surface area (Å²) in [4.78, 5) is 37.1. The third kappa shape index (κ3) is 4.07. The average molecular weight is 477 g/mol. The summed E-state index contributed by atoms with van der Waals surface area (Å²) in [6.07, 6.45) is 2.06. The fraction of sp³-hybridized carbons (Fsp3) is 0.464. The second kappa shape index (κ2) is 8.70. The zero-order valence-corrected chi connectivity index (χ0v) is 20.2. The quantitative estimate of drug-likeness (QED) is 0.527. The summed E-state index contributed by atoms with van der Waals surface area (Å²) < 4.78 is 5.66. The van der Waals surface area contributed by atoms with Crippen molar-refractivity contribution in [2.45, 2.75) is 51.5 Å². The maximum Gasteiger partial charge on any atom is 0.407 e. The zero-order chi connectivity index (χ0) is 24.8. The van der Waals surface area contributed by atoms with Gasteiger partial charge in [-0.15, -0.1) is 0 Å². The summed E-state index contributed by atoms with van der Waals surface area (Å²) in [6.45, 7) is 3.82. The van der Waals surface area contributed by atoms with Gasteiger partial charge in [0.1, 0.15) is 6.61 Å². The Morgan fingerprint density at radius 2 is 1.69 bits per heavy atom. The fourth-order valence-electron chi connectivity index (χ4n) is 5.90. The van der Waals surface area contributed by atoms with Crippen LogP contribution in [0, 0.1) is 16.7 Å². The number of carbonyl (C=O) groups is 3. The van der Waals surface area contributed by atoms with E-state index in [1.165, 1.54) is 22.3 Å². The monoisotopic (exact) mass is 476 g/mol. The van der Waals surface area contributed by atoms with Crippen molar-refractivity contribution in [3.8, 4) is 11.1 Å². The van der Waals surface area contributed by atoms with Crippen molar-refractivity contribution < 1.29 is 24.2 Å². The van der Waals surface area contributed by atoms with Crippen LogP contribution in [0.15, 0.2) is 48.5 Å². The maximum atomic E-state index is 12.9. The van der Waals surface area contributed by atoms with Crippen molar-refractivity contribution in [1.82, 2.24) is 10.6 Å². The smallest absolute Gasteiger partial charge is 0.407 e.